The minimum absolute atomic E-state index is 0.0123. The lowest BCUT2D eigenvalue weighted by Crippen LogP contribution is -2.04. The van der Waals surface area contributed by atoms with Crippen molar-refractivity contribution in [2.75, 3.05) is 0 Å². The molecular formula is C29H22Cl2N4O5. The number of ether oxygens (including phenoxy) is 2. The smallest absolute Gasteiger partial charge is 0.315 e. The first kappa shape index (κ1) is 27.1. The van der Waals surface area contributed by atoms with E-state index in [0.717, 1.165) is 11.1 Å². The molecule has 0 fully saturated rings. The van der Waals surface area contributed by atoms with Crippen LogP contribution in [0.3, 0.4) is 0 Å². The first-order valence-corrected chi connectivity index (χ1v) is 12.9. The molecule has 0 unspecified atom stereocenters. The molecule has 2 heterocycles. The molecule has 0 saturated heterocycles. The summed E-state index contributed by atoms with van der Waals surface area (Å²) in [5.41, 5.74) is 3.27. The number of hydrogen-bond donors (Lipinski definition) is 0. The zero-order valence-corrected chi connectivity index (χ0v) is 22.9. The molecule has 0 aliphatic carbocycles. The van der Waals surface area contributed by atoms with Crippen LogP contribution in [-0.4, -0.2) is 20.0 Å². The van der Waals surface area contributed by atoms with Crippen LogP contribution < -0.4 is 9.47 Å². The SMILES string of the molecule is Cc1nc(Cl)c(-c2noc(-c3cc(OCc4ccccc4)c(OCc4ccccc4)c([N+](=O)[O-])c3)n2)c(C)c1Cl. The van der Waals surface area contributed by atoms with E-state index in [1.54, 1.807) is 19.9 Å². The van der Waals surface area contributed by atoms with E-state index in [0.29, 0.717) is 21.8 Å². The summed E-state index contributed by atoms with van der Waals surface area (Å²) >= 11 is 12.7. The Balaban J connectivity index is 1.56. The third-order valence-corrected chi connectivity index (χ3v) is 6.92. The van der Waals surface area contributed by atoms with Crippen LogP contribution in [0.5, 0.6) is 11.5 Å². The van der Waals surface area contributed by atoms with Crippen LogP contribution >= 0.6 is 23.2 Å². The van der Waals surface area contributed by atoms with Crippen molar-refractivity contribution in [1.82, 2.24) is 15.1 Å². The van der Waals surface area contributed by atoms with Gasteiger partial charge in [-0.15, -0.1) is 0 Å². The Morgan fingerprint density at radius 3 is 2.15 bits per heavy atom. The highest BCUT2D eigenvalue weighted by atomic mass is 35.5. The van der Waals surface area contributed by atoms with Crippen LogP contribution in [0.1, 0.15) is 22.4 Å². The molecule has 0 atom stereocenters. The first-order chi connectivity index (χ1) is 19.3. The summed E-state index contributed by atoms with van der Waals surface area (Å²) in [4.78, 5) is 20.3. The second-order valence-electron chi connectivity index (χ2n) is 8.85. The van der Waals surface area contributed by atoms with Crippen LogP contribution in [0, 0.1) is 24.0 Å². The number of benzene rings is 3. The molecule has 0 amide bonds. The van der Waals surface area contributed by atoms with Crippen LogP contribution in [0.15, 0.2) is 77.3 Å². The maximum Gasteiger partial charge on any atom is 0.315 e. The van der Waals surface area contributed by atoms with Gasteiger partial charge in [-0.1, -0.05) is 89.0 Å². The van der Waals surface area contributed by atoms with Crippen molar-refractivity contribution >= 4 is 28.9 Å². The van der Waals surface area contributed by atoms with Crippen molar-refractivity contribution < 1.29 is 18.9 Å². The normalized spacial score (nSPS) is 10.9. The molecule has 40 heavy (non-hydrogen) atoms. The Labute approximate surface area is 239 Å². The van der Waals surface area contributed by atoms with Crippen molar-refractivity contribution in [2.24, 2.45) is 0 Å². The van der Waals surface area contributed by atoms with Crippen molar-refractivity contribution in [3.05, 3.63) is 115 Å². The van der Waals surface area contributed by atoms with Gasteiger partial charge in [-0.25, -0.2) is 4.98 Å². The van der Waals surface area contributed by atoms with Gasteiger partial charge in [-0.05, 0) is 36.6 Å². The number of halogens is 2. The number of aryl methyl sites for hydroxylation is 1. The molecule has 2 aromatic heterocycles. The Morgan fingerprint density at radius 1 is 0.900 bits per heavy atom. The van der Waals surface area contributed by atoms with Crippen molar-refractivity contribution in [3.63, 3.8) is 0 Å². The van der Waals surface area contributed by atoms with Crippen molar-refractivity contribution in [1.29, 1.82) is 0 Å². The average Bonchev–Trinajstić information content (AvgIpc) is 3.44. The predicted molar refractivity (Wildman–Crippen MR) is 151 cm³/mol. The number of hydrogen-bond acceptors (Lipinski definition) is 8. The lowest BCUT2D eigenvalue weighted by molar-refractivity contribution is -0.386. The fourth-order valence-electron chi connectivity index (χ4n) is 4.05. The maximum absolute atomic E-state index is 12.2. The third-order valence-electron chi connectivity index (χ3n) is 6.09. The quantitative estimate of drug-likeness (QED) is 0.0991. The number of aromatic nitrogens is 3. The molecule has 0 aliphatic heterocycles. The summed E-state index contributed by atoms with van der Waals surface area (Å²) in [6.07, 6.45) is 0. The first-order valence-electron chi connectivity index (χ1n) is 12.1. The maximum atomic E-state index is 12.2. The summed E-state index contributed by atoms with van der Waals surface area (Å²) in [5.74, 6) is 0.301. The van der Waals surface area contributed by atoms with Crippen LogP contribution in [-0.2, 0) is 13.2 Å². The van der Waals surface area contributed by atoms with Gasteiger partial charge in [0.1, 0.15) is 18.4 Å². The van der Waals surface area contributed by atoms with Gasteiger partial charge in [0, 0.05) is 6.07 Å². The van der Waals surface area contributed by atoms with E-state index in [1.165, 1.54) is 6.07 Å². The molecule has 3 aromatic carbocycles. The van der Waals surface area contributed by atoms with E-state index in [4.69, 9.17) is 37.2 Å². The Kier molecular flexibility index (Phi) is 7.95. The highest BCUT2D eigenvalue weighted by molar-refractivity contribution is 6.35. The van der Waals surface area contributed by atoms with Gasteiger partial charge in [-0.3, -0.25) is 10.1 Å². The monoisotopic (exact) mass is 576 g/mol. The van der Waals surface area contributed by atoms with E-state index >= 15 is 0 Å². The number of pyridine rings is 1. The van der Waals surface area contributed by atoms with Gasteiger partial charge in [0.2, 0.25) is 11.6 Å². The molecule has 0 bridgehead atoms. The molecule has 202 valence electrons. The van der Waals surface area contributed by atoms with Crippen LogP contribution in [0.2, 0.25) is 10.2 Å². The molecule has 5 rings (SSSR count). The predicted octanol–water partition coefficient (Wildman–Crippen LogP) is 7.79. The Bertz CT molecular complexity index is 1680. The molecule has 11 heteroatoms. The van der Waals surface area contributed by atoms with Crippen molar-refractivity contribution in [3.8, 4) is 34.3 Å². The Hall–Kier alpha value is -4.47. The molecule has 9 nitrogen and oxygen atoms in total. The van der Waals surface area contributed by atoms with E-state index in [-0.39, 0.29) is 52.8 Å². The third kappa shape index (κ3) is 5.75. The number of nitro groups is 1. The van der Waals surface area contributed by atoms with E-state index in [9.17, 15) is 10.1 Å². The van der Waals surface area contributed by atoms with Crippen molar-refractivity contribution in [2.45, 2.75) is 27.1 Å². The van der Waals surface area contributed by atoms with Gasteiger partial charge < -0.3 is 14.0 Å². The number of rotatable bonds is 9. The van der Waals surface area contributed by atoms with Gasteiger partial charge >= 0.3 is 5.69 Å². The minimum atomic E-state index is -0.541. The molecule has 0 aliphatic rings. The highest BCUT2D eigenvalue weighted by Crippen LogP contribution is 2.42. The van der Waals surface area contributed by atoms with Gasteiger partial charge in [-0.2, -0.15) is 4.98 Å². The largest absolute Gasteiger partial charge is 0.485 e. The zero-order chi connectivity index (χ0) is 28.2. The topological polar surface area (TPSA) is 113 Å². The highest BCUT2D eigenvalue weighted by Gasteiger charge is 2.27. The van der Waals surface area contributed by atoms with E-state index in [2.05, 4.69) is 15.1 Å². The molecular weight excluding hydrogens is 555 g/mol. The minimum Gasteiger partial charge on any atom is -0.485 e. The lowest BCUT2D eigenvalue weighted by atomic mass is 10.1. The molecule has 0 radical (unpaired) electrons. The molecule has 0 N–H and O–H groups in total. The standard InChI is InChI=1S/C29H22Cl2N4O5/c1-17-24(27(31)32-18(2)25(17)30)28-33-29(40-34-28)21-13-22(35(36)37)26(39-16-20-11-7-4-8-12-20)23(14-21)38-15-19-9-5-3-6-10-19/h3-14H,15-16H2,1-2H3. The van der Waals surface area contributed by atoms with E-state index < -0.39 is 4.92 Å². The lowest BCUT2D eigenvalue weighted by Gasteiger charge is -2.14. The number of nitro benzene ring substituents is 1. The average molecular weight is 577 g/mol. The molecule has 0 spiro atoms. The van der Waals surface area contributed by atoms with Crippen LogP contribution in [0.25, 0.3) is 22.8 Å². The zero-order valence-electron chi connectivity index (χ0n) is 21.4. The van der Waals surface area contributed by atoms with E-state index in [1.807, 2.05) is 60.7 Å². The Morgan fingerprint density at radius 2 is 1.52 bits per heavy atom. The van der Waals surface area contributed by atoms with Gasteiger partial charge in [0.25, 0.3) is 5.89 Å². The van der Waals surface area contributed by atoms with Gasteiger partial charge in [0.15, 0.2) is 5.75 Å². The fraction of sp³-hybridized carbons (Fsp3) is 0.138. The summed E-state index contributed by atoms with van der Waals surface area (Å²) < 4.78 is 17.5. The molecule has 0 saturated carbocycles. The second kappa shape index (κ2) is 11.7. The summed E-state index contributed by atoms with van der Waals surface area (Å²) in [6, 6.07) is 21.6. The fourth-order valence-corrected chi connectivity index (χ4v) is 4.54. The summed E-state index contributed by atoms with van der Waals surface area (Å²) in [5, 5.41) is 16.8. The molecule has 5 aromatic rings. The second-order valence-corrected chi connectivity index (χ2v) is 9.59. The van der Waals surface area contributed by atoms with Crippen LogP contribution in [0.4, 0.5) is 5.69 Å². The summed E-state index contributed by atoms with van der Waals surface area (Å²) in [6.45, 7) is 3.77. The summed E-state index contributed by atoms with van der Waals surface area (Å²) in [7, 11) is 0. The van der Waals surface area contributed by atoms with Gasteiger partial charge in [0.05, 0.1) is 26.8 Å². The number of nitrogens with zero attached hydrogens (tertiary/aromatic N) is 4.